The molecule has 0 amide bonds. The van der Waals surface area contributed by atoms with Crippen LogP contribution in [0.5, 0.6) is 11.5 Å². The van der Waals surface area contributed by atoms with Crippen molar-refractivity contribution < 1.29 is 19.4 Å². The highest BCUT2D eigenvalue weighted by Crippen LogP contribution is 2.43. The SMILES string of the molecule is C\C=C/C=C\C=C(/C=C/C(C)C)Oc1cc(O)c2c(c1NC(C)C)C(=O)c1ccccc1C2=O. The van der Waals surface area contributed by atoms with Crippen molar-refractivity contribution >= 4 is 17.3 Å². The van der Waals surface area contributed by atoms with Gasteiger partial charge in [0.2, 0.25) is 0 Å². The van der Waals surface area contributed by atoms with Gasteiger partial charge in [0, 0.05) is 23.2 Å². The molecule has 176 valence electrons. The summed E-state index contributed by atoms with van der Waals surface area (Å²) in [6.45, 7) is 9.91. The number of hydrogen-bond acceptors (Lipinski definition) is 5. The first-order valence-electron chi connectivity index (χ1n) is 11.4. The second kappa shape index (κ2) is 10.8. The number of phenolic OH excluding ortho intramolecular Hbond substituents is 1. The van der Waals surface area contributed by atoms with Gasteiger partial charge in [0.1, 0.15) is 11.5 Å². The van der Waals surface area contributed by atoms with Gasteiger partial charge in [-0.25, -0.2) is 0 Å². The first kappa shape index (κ1) is 24.8. The minimum absolute atomic E-state index is 0.00423. The molecule has 0 heterocycles. The molecule has 5 heteroatoms. The van der Waals surface area contributed by atoms with Crippen LogP contribution in [0.4, 0.5) is 5.69 Å². The zero-order chi connectivity index (χ0) is 24.8. The number of rotatable bonds is 8. The second-order valence-electron chi connectivity index (χ2n) is 8.71. The summed E-state index contributed by atoms with van der Waals surface area (Å²) in [5.41, 5.74) is 1.11. The Balaban J connectivity index is 2.19. The highest BCUT2D eigenvalue weighted by atomic mass is 16.5. The first-order chi connectivity index (χ1) is 16.2. The van der Waals surface area contributed by atoms with Gasteiger partial charge < -0.3 is 15.2 Å². The minimum Gasteiger partial charge on any atom is -0.507 e. The van der Waals surface area contributed by atoms with E-state index >= 15 is 0 Å². The lowest BCUT2D eigenvalue weighted by Gasteiger charge is -2.25. The molecule has 0 spiro atoms. The fourth-order valence-corrected chi connectivity index (χ4v) is 3.63. The Kier molecular flexibility index (Phi) is 7.90. The topological polar surface area (TPSA) is 75.6 Å². The Morgan fingerprint density at radius 2 is 1.62 bits per heavy atom. The molecule has 1 aliphatic carbocycles. The standard InChI is InChI=1S/C29H31NO4/c1-6-7-8-9-12-20(16-15-18(2)3)34-24-17-23(31)25-26(27(24)30-19(4)5)29(33)22-14-11-10-13-21(22)28(25)32/h6-19,30-31H,1-5H3/b7-6-,9-8-,16-15+,20-12+. The average molecular weight is 458 g/mol. The van der Waals surface area contributed by atoms with Crippen molar-refractivity contribution in [3.63, 3.8) is 0 Å². The molecule has 2 N–H and O–H groups in total. The van der Waals surface area contributed by atoms with Crippen LogP contribution in [0, 0.1) is 5.92 Å². The Hall–Kier alpha value is -3.86. The third kappa shape index (κ3) is 5.37. The van der Waals surface area contributed by atoms with Crippen molar-refractivity contribution in [1.82, 2.24) is 0 Å². The number of phenols is 1. The van der Waals surface area contributed by atoms with Crippen molar-refractivity contribution in [3.05, 3.63) is 101 Å². The van der Waals surface area contributed by atoms with Gasteiger partial charge in [-0.1, -0.05) is 68.5 Å². The number of anilines is 1. The van der Waals surface area contributed by atoms with Crippen LogP contribution in [0.2, 0.25) is 0 Å². The molecule has 0 aromatic heterocycles. The van der Waals surface area contributed by atoms with Gasteiger partial charge in [-0.3, -0.25) is 9.59 Å². The number of nitrogens with one attached hydrogen (secondary N) is 1. The number of ether oxygens (including phenoxy) is 1. The fourth-order valence-electron chi connectivity index (χ4n) is 3.63. The number of carbonyl (C=O) groups excluding carboxylic acids is 2. The Bertz CT molecular complexity index is 1210. The van der Waals surface area contributed by atoms with Gasteiger partial charge in [-0.15, -0.1) is 0 Å². The molecule has 3 rings (SSSR count). The summed E-state index contributed by atoms with van der Waals surface area (Å²) in [6.07, 6.45) is 13.2. The van der Waals surface area contributed by atoms with E-state index < -0.39 is 0 Å². The maximum atomic E-state index is 13.5. The lowest BCUT2D eigenvalue weighted by atomic mass is 9.82. The maximum Gasteiger partial charge on any atom is 0.198 e. The van der Waals surface area contributed by atoms with Crippen LogP contribution in [0.25, 0.3) is 0 Å². The van der Waals surface area contributed by atoms with E-state index in [-0.39, 0.29) is 45.8 Å². The summed E-state index contributed by atoms with van der Waals surface area (Å²) in [7, 11) is 0. The number of benzene rings is 2. The van der Waals surface area contributed by atoms with E-state index in [1.54, 1.807) is 30.3 Å². The smallest absolute Gasteiger partial charge is 0.198 e. The van der Waals surface area contributed by atoms with Gasteiger partial charge in [0.25, 0.3) is 0 Å². The quantitative estimate of drug-likeness (QED) is 0.227. The molecule has 0 saturated heterocycles. The third-order valence-corrected chi connectivity index (χ3v) is 5.12. The monoisotopic (exact) mass is 457 g/mol. The van der Waals surface area contributed by atoms with Gasteiger partial charge in [0.05, 0.1) is 16.8 Å². The lowest BCUT2D eigenvalue weighted by molar-refractivity contribution is 0.0977. The molecule has 1 aliphatic rings. The molecular weight excluding hydrogens is 426 g/mol. The minimum atomic E-state index is -0.384. The van der Waals surface area contributed by atoms with E-state index in [2.05, 4.69) is 19.2 Å². The molecule has 0 unspecified atom stereocenters. The molecule has 2 aromatic rings. The molecule has 0 bridgehead atoms. The normalized spacial score (nSPS) is 14.0. The van der Waals surface area contributed by atoms with Crippen LogP contribution in [0.1, 0.15) is 66.5 Å². The summed E-state index contributed by atoms with van der Waals surface area (Å²) >= 11 is 0. The molecule has 0 atom stereocenters. The third-order valence-electron chi connectivity index (χ3n) is 5.12. The van der Waals surface area contributed by atoms with Crippen LogP contribution in [0.15, 0.2) is 78.6 Å². The summed E-state index contributed by atoms with van der Waals surface area (Å²) in [6, 6.07) is 8.01. The van der Waals surface area contributed by atoms with Crippen molar-refractivity contribution in [2.75, 3.05) is 5.32 Å². The molecule has 0 saturated carbocycles. The molecule has 0 radical (unpaired) electrons. The van der Waals surface area contributed by atoms with E-state index in [0.717, 1.165) is 0 Å². The van der Waals surface area contributed by atoms with Crippen LogP contribution >= 0.6 is 0 Å². The van der Waals surface area contributed by atoms with Crippen LogP contribution in [0.3, 0.4) is 0 Å². The average Bonchev–Trinajstić information content (AvgIpc) is 2.79. The van der Waals surface area contributed by atoms with Gasteiger partial charge in [-0.2, -0.15) is 0 Å². The highest BCUT2D eigenvalue weighted by Gasteiger charge is 2.36. The highest BCUT2D eigenvalue weighted by molar-refractivity contribution is 6.31. The summed E-state index contributed by atoms with van der Waals surface area (Å²) in [5, 5.41) is 14.1. The van der Waals surface area contributed by atoms with Crippen molar-refractivity contribution in [3.8, 4) is 11.5 Å². The Morgan fingerprint density at radius 3 is 2.21 bits per heavy atom. The number of hydrogen-bond donors (Lipinski definition) is 2. The predicted octanol–water partition coefficient (Wildman–Crippen LogP) is 6.60. The lowest BCUT2D eigenvalue weighted by Crippen LogP contribution is -2.24. The van der Waals surface area contributed by atoms with Gasteiger partial charge in [0.15, 0.2) is 17.3 Å². The van der Waals surface area contributed by atoms with Crippen molar-refractivity contribution in [1.29, 1.82) is 0 Å². The molecular formula is C29H31NO4. The van der Waals surface area contributed by atoms with Gasteiger partial charge in [-0.05, 0) is 38.8 Å². The van der Waals surface area contributed by atoms with E-state index in [0.29, 0.717) is 22.9 Å². The van der Waals surface area contributed by atoms with Crippen LogP contribution in [-0.2, 0) is 0 Å². The summed E-state index contributed by atoms with van der Waals surface area (Å²) < 4.78 is 6.21. The van der Waals surface area contributed by atoms with Crippen molar-refractivity contribution in [2.24, 2.45) is 5.92 Å². The van der Waals surface area contributed by atoms with E-state index in [1.165, 1.54) is 6.07 Å². The van der Waals surface area contributed by atoms with E-state index in [9.17, 15) is 14.7 Å². The number of aromatic hydroxyl groups is 1. The molecule has 0 fully saturated rings. The first-order valence-corrected chi connectivity index (χ1v) is 11.4. The van der Waals surface area contributed by atoms with Crippen LogP contribution < -0.4 is 10.1 Å². The molecule has 34 heavy (non-hydrogen) atoms. The second-order valence-corrected chi connectivity index (χ2v) is 8.71. The molecule has 0 aliphatic heterocycles. The van der Waals surface area contributed by atoms with E-state index in [4.69, 9.17) is 4.74 Å². The zero-order valence-electron chi connectivity index (χ0n) is 20.3. The zero-order valence-corrected chi connectivity index (χ0v) is 20.3. The largest absolute Gasteiger partial charge is 0.507 e. The van der Waals surface area contributed by atoms with E-state index in [1.807, 2.05) is 57.2 Å². The number of fused-ring (bicyclic) bond motifs is 2. The number of allylic oxidation sites excluding steroid dienone is 7. The van der Waals surface area contributed by atoms with Crippen LogP contribution in [-0.4, -0.2) is 22.7 Å². The Morgan fingerprint density at radius 1 is 0.971 bits per heavy atom. The fraction of sp³-hybridized carbons (Fsp3) is 0.241. The molecule has 2 aromatic carbocycles. The Labute approximate surface area is 201 Å². The summed E-state index contributed by atoms with van der Waals surface area (Å²) in [4.78, 5) is 26.7. The predicted molar refractivity (Wildman–Crippen MR) is 137 cm³/mol. The van der Waals surface area contributed by atoms with Crippen molar-refractivity contribution in [2.45, 2.75) is 40.7 Å². The summed E-state index contributed by atoms with van der Waals surface area (Å²) in [5.74, 6) is 0.0903. The number of ketones is 2. The molecule has 5 nitrogen and oxygen atoms in total. The van der Waals surface area contributed by atoms with Gasteiger partial charge >= 0.3 is 0 Å². The maximum absolute atomic E-state index is 13.5. The number of carbonyl (C=O) groups is 2.